The van der Waals surface area contributed by atoms with E-state index in [2.05, 4.69) is 34.0 Å². The minimum absolute atomic E-state index is 0.166. The van der Waals surface area contributed by atoms with Gasteiger partial charge >= 0.3 is 0 Å². The second-order valence-corrected chi connectivity index (χ2v) is 5.62. The maximum atomic E-state index is 12.1. The maximum absolute atomic E-state index is 12.1. The fraction of sp³-hybridized carbons (Fsp3) is 0.125. The third kappa shape index (κ3) is 4.20. The van der Waals surface area contributed by atoms with Crippen molar-refractivity contribution in [2.75, 3.05) is 12.4 Å². The van der Waals surface area contributed by atoms with Gasteiger partial charge in [-0.25, -0.2) is 0 Å². The van der Waals surface area contributed by atoms with Gasteiger partial charge in [0.1, 0.15) is 11.8 Å². The lowest BCUT2D eigenvalue weighted by Crippen LogP contribution is -2.15. The van der Waals surface area contributed by atoms with Crippen molar-refractivity contribution >= 4 is 34.2 Å². The van der Waals surface area contributed by atoms with Gasteiger partial charge in [-0.3, -0.25) is 4.79 Å². The lowest BCUT2D eigenvalue weighted by atomic mass is 10.1. The van der Waals surface area contributed by atoms with Gasteiger partial charge < -0.3 is 10.1 Å². The van der Waals surface area contributed by atoms with Crippen molar-refractivity contribution < 1.29 is 9.53 Å². The zero-order valence-electron chi connectivity index (χ0n) is 11.4. The number of nitrogens with one attached hydrogen (secondary N) is 1. The molecule has 1 N–H and O–H groups in total. The Morgan fingerprint density at radius 3 is 2.62 bits per heavy atom. The van der Waals surface area contributed by atoms with E-state index in [1.165, 1.54) is 0 Å². The summed E-state index contributed by atoms with van der Waals surface area (Å²) >= 11 is 2.22. The van der Waals surface area contributed by atoms with Gasteiger partial charge in [0.15, 0.2) is 0 Å². The number of methoxy groups -OCH3 is 1. The summed E-state index contributed by atoms with van der Waals surface area (Å²) in [6.07, 6.45) is 0.263. The fourth-order valence-corrected chi connectivity index (χ4v) is 2.19. The van der Waals surface area contributed by atoms with Gasteiger partial charge in [0, 0.05) is 9.64 Å². The lowest BCUT2D eigenvalue weighted by molar-refractivity contribution is -0.115. The Morgan fingerprint density at radius 2 is 2.00 bits per heavy atom. The SMILES string of the molecule is COc1ccc(C#N)c(NC(=O)Cc2ccc(I)cc2)c1. The molecule has 2 aromatic rings. The Morgan fingerprint density at radius 1 is 1.29 bits per heavy atom. The number of hydrogen-bond donors (Lipinski definition) is 1. The number of halogens is 1. The molecule has 0 saturated heterocycles. The molecule has 0 heterocycles. The van der Waals surface area contributed by atoms with Gasteiger partial charge in [-0.05, 0) is 52.4 Å². The van der Waals surface area contributed by atoms with Gasteiger partial charge in [-0.2, -0.15) is 5.26 Å². The van der Waals surface area contributed by atoms with E-state index in [-0.39, 0.29) is 12.3 Å². The molecule has 0 aromatic heterocycles. The first-order valence-corrected chi connectivity index (χ1v) is 7.32. The molecule has 2 rings (SSSR count). The van der Waals surface area contributed by atoms with E-state index in [1.54, 1.807) is 25.3 Å². The van der Waals surface area contributed by atoms with Crippen LogP contribution in [0.4, 0.5) is 5.69 Å². The van der Waals surface area contributed by atoms with Crippen molar-refractivity contribution in [3.05, 3.63) is 57.2 Å². The van der Waals surface area contributed by atoms with Gasteiger partial charge in [0.05, 0.1) is 24.8 Å². The first-order valence-electron chi connectivity index (χ1n) is 6.25. The van der Waals surface area contributed by atoms with E-state index in [9.17, 15) is 4.79 Å². The van der Waals surface area contributed by atoms with Gasteiger partial charge in [-0.15, -0.1) is 0 Å². The van der Waals surface area contributed by atoms with Crippen molar-refractivity contribution in [3.63, 3.8) is 0 Å². The Balaban J connectivity index is 2.12. The highest BCUT2D eigenvalue weighted by Gasteiger charge is 2.09. The van der Waals surface area contributed by atoms with Crippen molar-refractivity contribution in [1.29, 1.82) is 5.26 Å². The van der Waals surface area contributed by atoms with E-state index in [0.29, 0.717) is 17.0 Å². The monoisotopic (exact) mass is 392 g/mol. The predicted molar refractivity (Wildman–Crippen MR) is 89.2 cm³/mol. The van der Waals surface area contributed by atoms with Crippen LogP contribution in [0.1, 0.15) is 11.1 Å². The lowest BCUT2D eigenvalue weighted by Gasteiger charge is -2.09. The second-order valence-electron chi connectivity index (χ2n) is 4.37. The molecule has 0 aliphatic rings. The number of rotatable bonds is 4. The molecular weight excluding hydrogens is 379 g/mol. The zero-order valence-corrected chi connectivity index (χ0v) is 13.5. The first kappa shape index (κ1) is 15.3. The number of carbonyl (C=O) groups is 1. The van der Waals surface area contributed by atoms with Crippen LogP contribution in [0.3, 0.4) is 0 Å². The van der Waals surface area contributed by atoms with Crippen molar-refractivity contribution in [2.45, 2.75) is 6.42 Å². The number of benzene rings is 2. The van der Waals surface area contributed by atoms with E-state index in [1.807, 2.05) is 24.3 Å². The topological polar surface area (TPSA) is 62.1 Å². The minimum atomic E-state index is -0.166. The molecule has 0 radical (unpaired) electrons. The number of nitriles is 1. The summed E-state index contributed by atoms with van der Waals surface area (Å²) < 4.78 is 6.23. The molecular formula is C16H13IN2O2. The molecule has 0 bridgehead atoms. The van der Waals surface area contributed by atoms with Crippen LogP contribution < -0.4 is 10.1 Å². The molecule has 0 saturated carbocycles. The summed E-state index contributed by atoms with van der Waals surface area (Å²) in [5, 5.41) is 11.8. The number of anilines is 1. The largest absolute Gasteiger partial charge is 0.497 e. The van der Waals surface area contributed by atoms with Crippen LogP contribution in [0.25, 0.3) is 0 Å². The summed E-state index contributed by atoms with van der Waals surface area (Å²) in [6, 6.07) is 14.7. The Kier molecular flexibility index (Phi) is 5.17. The molecule has 0 unspecified atom stereocenters. The molecule has 2 aromatic carbocycles. The molecule has 0 aliphatic carbocycles. The molecule has 0 fully saturated rings. The molecule has 106 valence electrons. The maximum Gasteiger partial charge on any atom is 0.228 e. The minimum Gasteiger partial charge on any atom is -0.497 e. The van der Waals surface area contributed by atoms with Crippen LogP contribution in [-0.2, 0) is 11.2 Å². The molecule has 0 aliphatic heterocycles. The Labute approximate surface area is 136 Å². The summed E-state index contributed by atoms with van der Waals surface area (Å²) in [4.78, 5) is 12.1. The van der Waals surface area contributed by atoms with Crippen molar-refractivity contribution in [3.8, 4) is 11.8 Å². The second kappa shape index (κ2) is 7.09. The molecule has 1 amide bonds. The van der Waals surface area contributed by atoms with Crippen molar-refractivity contribution in [1.82, 2.24) is 0 Å². The van der Waals surface area contributed by atoms with Gasteiger partial charge in [-0.1, -0.05) is 12.1 Å². The highest BCUT2D eigenvalue weighted by atomic mass is 127. The van der Waals surface area contributed by atoms with E-state index in [0.717, 1.165) is 9.13 Å². The third-order valence-corrected chi connectivity index (χ3v) is 3.62. The van der Waals surface area contributed by atoms with Crippen LogP contribution in [0.5, 0.6) is 5.75 Å². The van der Waals surface area contributed by atoms with Gasteiger partial charge in [0.2, 0.25) is 5.91 Å². The highest BCUT2D eigenvalue weighted by molar-refractivity contribution is 14.1. The van der Waals surface area contributed by atoms with Crippen molar-refractivity contribution in [2.24, 2.45) is 0 Å². The molecule has 0 spiro atoms. The number of hydrogen-bond acceptors (Lipinski definition) is 3. The van der Waals surface area contributed by atoms with E-state index in [4.69, 9.17) is 10.00 Å². The van der Waals surface area contributed by atoms with Crippen LogP contribution in [0, 0.1) is 14.9 Å². The summed E-state index contributed by atoms with van der Waals surface area (Å²) in [5.74, 6) is 0.430. The number of nitrogens with zero attached hydrogens (tertiary/aromatic N) is 1. The van der Waals surface area contributed by atoms with Crippen LogP contribution in [0.15, 0.2) is 42.5 Å². The molecule has 0 atom stereocenters. The average molecular weight is 392 g/mol. The number of ether oxygens (including phenoxy) is 1. The molecule has 4 nitrogen and oxygen atoms in total. The van der Waals surface area contributed by atoms with E-state index < -0.39 is 0 Å². The Hall–Kier alpha value is -2.07. The average Bonchev–Trinajstić information content (AvgIpc) is 2.49. The molecule has 21 heavy (non-hydrogen) atoms. The zero-order chi connectivity index (χ0) is 15.2. The highest BCUT2D eigenvalue weighted by Crippen LogP contribution is 2.22. The summed E-state index contributed by atoms with van der Waals surface area (Å²) in [6.45, 7) is 0. The van der Waals surface area contributed by atoms with Crippen LogP contribution in [0.2, 0.25) is 0 Å². The van der Waals surface area contributed by atoms with Crippen LogP contribution in [-0.4, -0.2) is 13.0 Å². The predicted octanol–water partition coefficient (Wildman–Crippen LogP) is 3.35. The third-order valence-electron chi connectivity index (χ3n) is 2.90. The number of carbonyl (C=O) groups excluding carboxylic acids is 1. The smallest absolute Gasteiger partial charge is 0.228 e. The number of amides is 1. The fourth-order valence-electron chi connectivity index (χ4n) is 1.83. The molecule has 5 heteroatoms. The normalized spacial score (nSPS) is 9.76. The van der Waals surface area contributed by atoms with Crippen LogP contribution >= 0.6 is 22.6 Å². The van der Waals surface area contributed by atoms with E-state index >= 15 is 0 Å². The first-order chi connectivity index (χ1) is 10.1. The standard InChI is InChI=1S/C16H13IN2O2/c1-21-14-7-4-12(10-18)15(9-14)19-16(20)8-11-2-5-13(17)6-3-11/h2-7,9H,8H2,1H3,(H,19,20). The quantitative estimate of drug-likeness (QED) is 0.812. The summed E-state index contributed by atoms with van der Waals surface area (Å²) in [5.41, 5.74) is 1.80. The Bertz CT molecular complexity index is 690. The van der Waals surface area contributed by atoms with Gasteiger partial charge in [0.25, 0.3) is 0 Å². The summed E-state index contributed by atoms with van der Waals surface area (Å²) in [7, 11) is 1.54.